The average molecular weight is 556 g/mol. The van der Waals surface area contributed by atoms with Crippen LogP contribution < -0.4 is 15.2 Å². The molecule has 0 aliphatic rings. The van der Waals surface area contributed by atoms with Crippen LogP contribution in [-0.2, 0) is 34.9 Å². The molecule has 4 atom stereocenters. The summed E-state index contributed by atoms with van der Waals surface area (Å²) in [5, 5.41) is 0. The molecule has 0 saturated heterocycles. The van der Waals surface area contributed by atoms with Gasteiger partial charge in [0.2, 0.25) is 0 Å². The molecular formula is C27H41NO11. The van der Waals surface area contributed by atoms with Gasteiger partial charge < -0.3 is 38.9 Å². The van der Waals surface area contributed by atoms with Crippen molar-refractivity contribution in [2.24, 2.45) is 5.73 Å². The van der Waals surface area contributed by atoms with Crippen LogP contribution in [0.4, 0.5) is 14.4 Å². The molecule has 0 aromatic heterocycles. The van der Waals surface area contributed by atoms with Gasteiger partial charge >= 0.3 is 24.4 Å². The number of nitrogens with two attached hydrogens (primary N) is 1. The molecule has 0 bridgehead atoms. The Morgan fingerprint density at radius 1 is 0.821 bits per heavy atom. The lowest BCUT2D eigenvalue weighted by atomic mass is 9.86. The maximum atomic E-state index is 12.7. The number of methoxy groups -OCH3 is 1. The van der Waals surface area contributed by atoms with Gasteiger partial charge in [0, 0.05) is 12.8 Å². The summed E-state index contributed by atoms with van der Waals surface area (Å²) in [4.78, 5) is 49.1. The normalized spacial score (nSPS) is 14.6. The first-order valence-corrected chi connectivity index (χ1v) is 13.0. The Hall–Kier alpha value is -3.54. The minimum absolute atomic E-state index is 0.105. The van der Waals surface area contributed by atoms with Gasteiger partial charge in [0.05, 0.1) is 13.7 Å². The van der Waals surface area contributed by atoms with E-state index in [4.69, 9.17) is 38.9 Å². The minimum Gasteiger partial charge on any atom is -0.468 e. The Morgan fingerprint density at radius 3 is 1.87 bits per heavy atom. The lowest BCUT2D eigenvalue weighted by Crippen LogP contribution is -2.53. The van der Waals surface area contributed by atoms with Gasteiger partial charge in [-0.1, -0.05) is 26.8 Å². The van der Waals surface area contributed by atoms with E-state index in [0.29, 0.717) is 24.8 Å². The molecule has 2 unspecified atom stereocenters. The van der Waals surface area contributed by atoms with Gasteiger partial charge in [-0.2, -0.15) is 0 Å². The van der Waals surface area contributed by atoms with Crippen LogP contribution in [0.5, 0.6) is 11.5 Å². The molecular weight excluding hydrogens is 514 g/mol. The molecule has 2 N–H and O–H groups in total. The number of carbonyl (C=O) groups excluding carboxylic acids is 4. The highest BCUT2D eigenvalue weighted by Crippen LogP contribution is 2.32. The van der Waals surface area contributed by atoms with E-state index in [2.05, 4.69) is 0 Å². The molecule has 0 amide bonds. The van der Waals surface area contributed by atoms with Crippen LogP contribution in [0.3, 0.4) is 0 Å². The molecule has 0 spiro atoms. The molecule has 220 valence electrons. The van der Waals surface area contributed by atoms with Crippen LogP contribution in [0, 0.1) is 0 Å². The number of hydrogen-bond acceptors (Lipinski definition) is 12. The second-order valence-corrected chi connectivity index (χ2v) is 9.21. The van der Waals surface area contributed by atoms with Gasteiger partial charge in [-0.3, -0.25) is 4.79 Å². The largest absolute Gasteiger partial charge is 0.514 e. The van der Waals surface area contributed by atoms with Gasteiger partial charge in [0.25, 0.3) is 0 Å². The Balaban J connectivity index is 3.24. The third-order valence-corrected chi connectivity index (χ3v) is 5.62. The summed E-state index contributed by atoms with van der Waals surface area (Å²) in [7, 11) is 1.18. The van der Waals surface area contributed by atoms with Gasteiger partial charge in [-0.15, -0.1) is 0 Å². The van der Waals surface area contributed by atoms with Crippen molar-refractivity contribution in [3.05, 3.63) is 23.8 Å². The van der Waals surface area contributed by atoms with Crippen LogP contribution in [0.25, 0.3) is 0 Å². The molecule has 0 fully saturated rings. The second-order valence-electron chi connectivity index (χ2n) is 9.21. The monoisotopic (exact) mass is 555 g/mol. The molecule has 12 nitrogen and oxygen atoms in total. The zero-order valence-electron chi connectivity index (χ0n) is 23.8. The van der Waals surface area contributed by atoms with Gasteiger partial charge in [0.15, 0.2) is 11.5 Å². The first-order valence-electron chi connectivity index (χ1n) is 13.0. The Bertz CT molecular complexity index is 967. The van der Waals surface area contributed by atoms with Crippen molar-refractivity contribution in [1.82, 2.24) is 0 Å². The van der Waals surface area contributed by atoms with E-state index >= 15 is 0 Å². The zero-order chi connectivity index (χ0) is 29.6. The lowest BCUT2D eigenvalue weighted by molar-refractivity contribution is -0.148. The number of ether oxygens (including phenoxy) is 7. The first-order chi connectivity index (χ1) is 18.4. The van der Waals surface area contributed by atoms with Gasteiger partial charge in [-0.05, 0) is 57.7 Å². The standard InChI is InChI=1S/C27H41NO11/c1-8-13-34-24(30)37-19(6)15-27(28,23(29)33-7)16-20-11-12-21(38-25(31)35-17(4)9-2)22(14-20)39-26(32)36-18(5)10-3/h11-12,14,17-19H,8-10,13,15-16,28H2,1-7H3/t17-,18?,19-,27?/m0/s1. The highest BCUT2D eigenvalue weighted by molar-refractivity contribution is 5.81. The summed E-state index contributed by atoms with van der Waals surface area (Å²) in [6, 6.07) is 4.29. The van der Waals surface area contributed by atoms with E-state index in [1.54, 1.807) is 20.8 Å². The van der Waals surface area contributed by atoms with Crippen LogP contribution in [-0.4, -0.2) is 62.0 Å². The molecule has 12 heteroatoms. The Kier molecular flexibility index (Phi) is 14.1. The van der Waals surface area contributed by atoms with Crippen molar-refractivity contribution >= 4 is 24.4 Å². The van der Waals surface area contributed by atoms with Crippen molar-refractivity contribution < 1.29 is 52.3 Å². The molecule has 0 aliphatic carbocycles. The third-order valence-electron chi connectivity index (χ3n) is 5.62. The maximum Gasteiger partial charge on any atom is 0.514 e. The molecule has 0 saturated carbocycles. The van der Waals surface area contributed by atoms with E-state index < -0.39 is 48.3 Å². The lowest BCUT2D eigenvalue weighted by Gasteiger charge is -2.29. The Labute approximate surface area is 229 Å². The second kappa shape index (κ2) is 16.4. The Morgan fingerprint density at radius 2 is 1.36 bits per heavy atom. The van der Waals surface area contributed by atoms with Crippen LogP contribution in [0.15, 0.2) is 18.2 Å². The smallest absolute Gasteiger partial charge is 0.468 e. The number of esters is 1. The zero-order valence-corrected chi connectivity index (χ0v) is 23.8. The summed E-state index contributed by atoms with van der Waals surface area (Å²) in [6.45, 7) is 10.7. The SMILES string of the molecule is CCCOC(=O)O[C@@H](C)CC(N)(Cc1ccc(OC(=O)O[C@@H](C)CC)c(OC(=O)OC(C)CC)c1)C(=O)OC. The molecule has 1 rings (SSSR count). The maximum absolute atomic E-state index is 12.7. The van der Waals surface area contributed by atoms with Crippen molar-refractivity contribution in [1.29, 1.82) is 0 Å². The predicted molar refractivity (Wildman–Crippen MR) is 140 cm³/mol. The number of benzene rings is 1. The van der Waals surface area contributed by atoms with Crippen molar-refractivity contribution in [3.63, 3.8) is 0 Å². The van der Waals surface area contributed by atoms with E-state index in [1.165, 1.54) is 25.3 Å². The topological polar surface area (TPSA) is 159 Å². The summed E-state index contributed by atoms with van der Waals surface area (Å²) >= 11 is 0. The summed E-state index contributed by atoms with van der Waals surface area (Å²) in [6.07, 6.45) is -2.93. The fourth-order valence-electron chi connectivity index (χ4n) is 3.28. The predicted octanol–water partition coefficient (Wildman–Crippen LogP) is 5.07. The van der Waals surface area contributed by atoms with Gasteiger partial charge in [0.1, 0.15) is 23.9 Å². The fraction of sp³-hybridized carbons (Fsp3) is 0.630. The highest BCUT2D eigenvalue weighted by Gasteiger charge is 2.38. The fourth-order valence-corrected chi connectivity index (χ4v) is 3.28. The minimum atomic E-state index is -1.63. The molecule has 1 aromatic carbocycles. The van der Waals surface area contributed by atoms with Crippen LogP contribution in [0.2, 0.25) is 0 Å². The summed E-state index contributed by atoms with van der Waals surface area (Å²) in [5.41, 5.74) is 5.24. The van der Waals surface area contributed by atoms with E-state index in [-0.39, 0.29) is 30.9 Å². The first kappa shape index (κ1) is 33.5. The van der Waals surface area contributed by atoms with E-state index in [1.807, 2.05) is 20.8 Å². The number of hydrogen-bond donors (Lipinski definition) is 1. The third kappa shape index (κ3) is 11.8. The highest BCUT2D eigenvalue weighted by atomic mass is 16.8. The summed E-state index contributed by atoms with van der Waals surface area (Å²) in [5.74, 6) is -1.01. The van der Waals surface area contributed by atoms with Crippen molar-refractivity contribution in [2.45, 2.75) is 97.5 Å². The van der Waals surface area contributed by atoms with E-state index in [0.717, 1.165) is 0 Å². The summed E-state index contributed by atoms with van der Waals surface area (Å²) < 4.78 is 35.9. The van der Waals surface area contributed by atoms with Crippen LogP contribution in [0.1, 0.15) is 72.8 Å². The molecule has 0 heterocycles. The molecule has 0 aliphatic heterocycles. The molecule has 0 radical (unpaired) electrons. The quantitative estimate of drug-likeness (QED) is 0.185. The average Bonchev–Trinajstić information content (AvgIpc) is 2.87. The molecule has 1 aromatic rings. The van der Waals surface area contributed by atoms with Crippen molar-refractivity contribution in [3.8, 4) is 11.5 Å². The number of rotatable bonds is 14. The molecule has 39 heavy (non-hydrogen) atoms. The number of carbonyl (C=O) groups is 4. The van der Waals surface area contributed by atoms with E-state index in [9.17, 15) is 19.2 Å². The van der Waals surface area contributed by atoms with Crippen LogP contribution >= 0.6 is 0 Å². The van der Waals surface area contributed by atoms with Gasteiger partial charge in [-0.25, -0.2) is 14.4 Å². The van der Waals surface area contributed by atoms with Crippen molar-refractivity contribution in [2.75, 3.05) is 13.7 Å².